The molecule has 1 aromatic heterocycles. The van der Waals surface area contributed by atoms with Crippen LogP contribution in [0.3, 0.4) is 0 Å². The van der Waals surface area contributed by atoms with Gasteiger partial charge in [-0.1, -0.05) is 0 Å². The predicted octanol–water partition coefficient (Wildman–Crippen LogP) is 6.76. The van der Waals surface area contributed by atoms with E-state index in [0.717, 1.165) is 9.77 Å². The molecule has 0 amide bonds. The van der Waals surface area contributed by atoms with Gasteiger partial charge in [0.05, 0.1) is 0 Å². The molecule has 0 aliphatic carbocycles. The molecule has 158 valence electrons. The summed E-state index contributed by atoms with van der Waals surface area (Å²) in [5.74, 6) is 0.400. The summed E-state index contributed by atoms with van der Waals surface area (Å²) < 4.78 is 46.9. The van der Waals surface area contributed by atoms with Crippen molar-refractivity contribution in [2.24, 2.45) is 0 Å². The van der Waals surface area contributed by atoms with Crippen LogP contribution in [0.25, 0.3) is 0 Å². The summed E-state index contributed by atoms with van der Waals surface area (Å²) in [5.41, 5.74) is -0.160. The van der Waals surface area contributed by atoms with E-state index >= 15 is 0 Å². The Hall–Kier alpha value is -2.56. The zero-order chi connectivity index (χ0) is 21.9. The third-order valence-corrected chi connectivity index (χ3v) is 4.45. The lowest BCUT2D eigenvalue weighted by atomic mass is 10.2. The van der Waals surface area contributed by atoms with Crippen LogP contribution >= 0.6 is 22.6 Å². The van der Waals surface area contributed by atoms with Crippen molar-refractivity contribution >= 4 is 45.7 Å². The summed E-state index contributed by atoms with van der Waals surface area (Å²) in [6.45, 7) is 5.83. The number of halogens is 4. The Morgan fingerprint density at radius 1 is 0.867 bits per heavy atom. The molecule has 0 atom stereocenters. The van der Waals surface area contributed by atoms with Gasteiger partial charge in [-0.25, -0.2) is 4.98 Å². The Morgan fingerprint density at radius 2 is 1.43 bits per heavy atom. The van der Waals surface area contributed by atoms with Gasteiger partial charge in [0.1, 0.15) is 22.7 Å². The minimum Gasteiger partial charge on any atom is -0.488 e. The summed E-state index contributed by atoms with van der Waals surface area (Å²) in [6, 6.07) is 14.0. The first-order valence-electron chi connectivity index (χ1n) is 9.02. The molecule has 3 aromatic rings. The largest absolute Gasteiger partial charge is 0.488 e. The maximum Gasteiger partial charge on any atom is 0.421 e. The van der Waals surface area contributed by atoms with Crippen LogP contribution in [-0.4, -0.2) is 15.6 Å². The van der Waals surface area contributed by atoms with E-state index in [0.29, 0.717) is 17.1 Å². The summed E-state index contributed by atoms with van der Waals surface area (Å²) in [7, 11) is 0. The molecular formula is C21H20F3IN4O. The zero-order valence-corrected chi connectivity index (χ0v) is 18.7. The van der Waals surface area contributed by atoms with E-state index in [4.69, 9.17) is 4.74 Å². The number of hydrogen-bond acceptors (Lipinski definition) is 5. The monoisotopic (exact) mass is 528 g/mol. The molecule has 1 heterocycles. The van der Waals surface area contributed by atoms with Gasteiger partial charge in [0.15, 0.2) is 0 Å². The molecule has 0 bridgehead atoms. The smallest absolute Gasteiger partial charge is 0.421 e. The number of hydrogen-bond donors (Lipinski definition) is 2. The van der Waals surface area contributed by atoms with Crippen molar-refractivity contribution in [3.05, 3.63) is 63.9 Å². The van der Waals surface area contributed by atoms with E-state index in [1.165, 1.54) is 0 Å². The summed E-state index contributed by atoms with van der Waals surface area (Å²) in [5, 5.41) is 5.65. The first kappa shape index (κ1) is 22.1. The highest BCUT2D eigenvalue weighted by molar-refractivity contribution is 14.1. The molecule has 0 saturated heterocycles. The molecule has 2 N–H and O–H groups in total. The number of rotatable bonds is 5. The molecular weight excluding hydrogens is 508 g/mol. The summed E-state index contributed by atoms with van der Waals surface area (Å²) >= 11 is 2.12. The standard InChI is InChI=1S/C21H20F3IN4O/c1-20(2,3)30-16-10-8-15(9-11-16)28-19-26-12-17(21(22,23)24)18(29-19)27-14-6-4-13(25)5-7-14/h4-12H,1-3H3,(H2,26,27,28,29). The van der Waals surface area contributed by atoms with Crippen LogP contribution in [0.1, 0.15) is 26.3 Å². The summed E-state index contributed by atoms with van der Waals surface area (Å²) in [6.07, 6.45) is -3.82. The van der Waals surface area contributed by atoms with Gasteiger partial charge in [-0.05, 0) is 91.9 Å². The Morgan fingerprint density at radius 3 is 2.00 bits per heavy atom. The van der Waals surface area contributed by atoms with Crippen LogP contribution in [0.2, 0.25) is 0 Å². The molecule has 0 unspecified atom stereocenters. The summed E-state index contributed by atoms with van der Waals surface area (Å²) in [4.78, 5) is 7.87. The highest BCUT2D eigenvalue weighted by Gasteiger charge is 2.35. The molecule has 30 heavy (non-hydrogen) atoms. The molecule has 0 aliphatic heterocycles. The third kappa shape index (κ3) is 6.22. The van der Waals surface area contributed by atoms with Gasteiger partial charge < -0.3 is 15.4 Å². The molecule has 0 radical (unpaired) electrons. The minimum absolute atomic E-state index is 0.0421. The van der Waals surface area contributed by atoms with Crippen LogP contribution < -0.4 is 15.4 Å². The minimum atomic E-state index is -4.59. The van der Waals surface area contributed by atoms with Crippen LogP contribution in [-0.2, 0) is 6.18 Å². The maximum atomic E-state index is 13.4. The quantitative estimate of drug-likeness (QED) is 0.359. The lowest BCUT2D eigenvalue weighted by molar-refractivity contribution is -0.137. The highest BCUT2D eigenvalue weighted by atomic mass is 127. The van der Waals surface area contributed by atoms with Crippen LogP contribution in [0.15, 0.2) is 54.7 Å². The second-order valence-corrected chi connectivity index (χ2v) is 8.69. The van der Waals surface area contributed by atoms with E-state index in [1.807, 2.05) is 20.8 Å². The van der Waals surface area contributed by atoms with Gasteiger partial charge in [-0.2, -0.15) is 18.2 Å². The molecule has 0 spiro atoms. The van der Waals surface area contributed by atoms with Crippen LogP contribution in [0, 0.1) is 3.57 Å². The van der Waals surface area contributed by atoms with Crippen molar-refractivity contribution in [2.45, 2.75) is 32.5 Å². The van der Waals surface area contributed by atoms with E-state index in [2.05, 4.69) is 43.2 Å². The fourth-order valence-electron chi connectivity index (χ4n) is 2.50. The molecule has 0 aliphatic rings. The van der Waals surface area contributed by atoms with Crippen molar-refractivity contribution < 1.29 is 17.9 Å². The number of anilines is 4. The van der Waals surface area contributed by atoms with Crippen molar-refractivity contribution in [1.82, 2.24) is 9.97 Å². The Labute approximate surface area is 186 Å². The van der Waals surface area contributed by atoms with Crippen LogP contribution in [0.5, 0.6) is 5.75 Å². The maximum absolute atomic E-state index is 13.4. The van der Waals surface area contributed by atoms with E-state index in [1.54, 1.807) is 48.5 Å². The van der Waals surface area contributed by atoms with Gasteiger partial charge in [-0.3, -0.25) is 0 Å². The van der Waals surface area contributed by atoms with Gasteiger partial charge in [-0.15, -0.1) is 0 Å². The number of ether oxygens (including phenoxy) is 1. The number of benzene rings is 2. The van der Waals surface area contributed by atoms with Crippen LogP contribution in [0.4, 0.5) is 36.3 Å². The number of nitrogens with one attached hydrogen (secondary N) is 2. The molecule has 5 nitrogen and oxygen atoms in total. The van der Waals surface area contributed by atoms with E-state index in [-0.39, 0.29) is 17.4 Å². The fourth-order valence-corrected chi connectivity index (χ4v) is 2.86. The SMILES string of the molecule is CC(C)(C)Oc1ccc(Nc2ncc(C(F)(F)F)c(Nc3ccc(I)cc3)n2)cc1. The Balaban J connectivity index is 1.84. The second kappa shape index (κ2) is 8.66. The molecule has 0 saturated carbocycles. The lowest BCUT2D eigenvalue weighted by Gasteiger charge is -2.21. The van der Waals surface area contributed by atoms with Crippen molar-refractivity contribution in [1.29, 1.82) is 0 Å². The van der Waals surface area contributed by atoms with Gasteiger partial charge in [0.25, 0.3) is 0 Å². The molecule has 2 aromatic carbocycles. The van der Waals surface area contributed by atoms with Gasteiger partial charge >= 0.3 is 6.18 Å². The second-order valence-electron chi connectivity index (χ2n) is 7.45. The van der Waals surface area contributed by atoms with E-state index < -0.39 is 11.7 Å². The van der Waals surface area contributed by atoms with Gasteiger partial charge in [0, 0.05) is 21.1 Å². The number of alkyl halides is 3. The Bertz CT molecular complexity index is 1000. The fraction of sp³-hybridized carbons (Fsp3) is 0.238. The molecule has 3 rings (SSSR count). The van der Waals surface area contributed by atoms with Crippen molar-refractivity contribution in [2.75, 3.05) is 10.6 Å². The Kier molecular flexibility index (Phi) is 6.39. The van der Waals surface area contributed by atoms with E-state index in [9.17, 15) is 13.2 Å². The number of nitrogens with zero attached hydrogens (tertiary/aromatic N) is 2. The number of aromatic nitrogens is 2. The topological polar surface area (TPSA) is 59.1 Å². The predicted molar refractivity (Wildman–Crippen MR) is 120 cm³/mol. The zero-order valence-electron chi connectivity index (χ0n) is 16.5. The van der Waals surface area contributed by atoms with Gasteiger partial charge in [0.2, 0.25) is 5.95 Å². The molecule has 0 fully saturated rings. The normalized spacial score (nSPS) is 11.8. The average Bonchev–Trinajstić information content (AvgIpc) is 2.63. The highest BCUT2D eigenvalue weighted by Crippen LogP contribution is 2.35. The lowest BCUT2D eigenvalue weighted by Crippen LogP contribution is -2.22. The third-order valence-electron chi connectivity index (χ3n) is 3.74. The van der Waals surface area contributed by atoms with Crippen molar-refractivity contribution in [3.8, 4) is 5.75 Å². The average molecular weight is 528 g/mol. The first-order valence-corrected chi connectivity index (χ1v) is 10.1. The van der Waals surface area contributed by atoms with Crippen molar-refractivity contribution in [3.63, 3.8) is 0 Å². The molecule has 9 heteroatoms. The first-order chi connectivity index (χ1) is 14.0.